The van der Waals surface area contributed by atoms with Crippen molar-refractivity contribution in [1.82, 2.24) is 9.62 Å². The molecule has 100 valence electrons. The summed E-state index contributed by atoms with van der Waals surface area (Å²) in [5.41, 5.74) is 0. The third-order valence-electron chi connectivity index (χ3n) is 3.20. The lowest BCUT2D eigenvalue weighted by Gasteiger charge is -2.21. The maximum atomic E-state index is 12.2. The van der Waals surface area contributed by atoms with Crippen LogP contribution in [0.25, 0.3) is 0 Å². The summed E-state index contributed by atoms with van der Waals surface area (Å²) in [6, 6.07) is 0.801. The zero-order valence-electron chi connectivity index (χ0n) is 10.4. The summed E-state index contributed by atoms with van der Waals surface area (Å²) in [6.45, 7) is 1.54. The predicted molar refractivity (Wildman–Crippen MR) is 66.4 cm³/mol. The van der Waals surface area contributed by atoms with Crippen LogP contribution >= 0.6 is 0 Å². The van der Waals surface area contributed by atoms with E-state index in [9.17, 15) is 8.42 Å². The molecule has 0 amide bonds. The van der Waals surface area contributed by atoms with Gasteiger partial charge in [0.25, 0.3) is 0 Å². The van der Waals surface area contributed by atoms with Crippen LogP contribution in [0.15, 0.2) is 0 Å². The summed E-state index contributed by atoms with van der Waals surface area (Å²) >= 11 is 0. The fourth-order valence-corrected chi connectivity index (χ4v) is 3.52. The summed E-state index contributed by atoms with van der Waals surface area (Å²) in [6.07, 6.45) is 4.38. The second-order valence-electron chi connectivity index (χ2n) is 4.88. The largest absolute Gasteiger partial charge is 0.383 e. The zero-order valence-corrected chi connectivity index (χ0v) is 11.2. The highest BCUT2D eigenvalue weighted by molar-refractivity contribution is 7.89. The highest BCUT2D eigenvalue weighted by atomic mass is 32.2. The molecule has 17 heavy (non-hydrogen) atoms. The van der Waals surface area contributed by atoms with Gasteiger partial charge in [-0.2, -0.15) is 4.31 Å². The second kappa shape index (κ2) is 5.65. The third-order valence-corrected chi connectivity index (χ3v) is 5.11. The van der Waals surface area contributed by atoms with Crippen molar-refractivity contribution in [2.45, 2.75) is 37.8 Å². The number of nitrogens with one attached hydrogen (secondary N) is 1. The molecule has 0 aromatic heterocycles. The lowest BCUT2D eigenvalue weighted by Crippen LogP contribution is -2.40. The molecular weight excluding hydrogens is 240 g/mol. The summed E-state index contributed by atoms with van der Waals surface area (Å²) < 4.78 is 30.9. The van der Waals surface area contributed by atoms with E-state index in [4.69, 9.17) is 4.74 Å². The van der Waals surface area contributed by atoms with Gasteiger partial charge in [0, 0.05) is 32.3 Å². The molecule has 1 N–H and O–H groups in total. The average molecular weight is 262 g/mol. The van der Waals surface area contributed by atoms with Crippen molar-refractivity contribution in [1.29, 1.82) is 0 Å². The normalized spacial score (nSPS) is 21.1. The van der Waals surface area contributed by atoms with E-state index in [1.807, 2.05) is 0 Å². The molecule has 0 atom stereocenters. The highest BCUT2D eigenvalue weighted by Crippen LogP contribution is 2.29. The van der Waals surface area contributed by atoms with E-state index >= 15 is 0 Å². The van der Waals surface area contributed by atoms with Crippen molar-refractivity contribution >= 4 is 10.0 Å². The first-order chi connectivity index (χ1) is 8.13. The van der Waals surface area contributed by atoms with Crippen molar-refractivity contribution in [2.24, 2.45) is 0 Å². The summed E-state index contributed by atoms with van der Waals surface area (Å²) in [7, 11) is -1.50. The van der Waals surface area contributed by atoms with Gasteiger partial charge in [0.2, 0.25) is 10.0 Å². The van der Waals surface area contributed by atoms with Crippen molar-refractivity contribution in [3.8, 4) is 0 Å². The number of rotatable bonds is 9. The van der Waals surface area contributed by atoms with Crippen molar-refractivity contribution in [2.75, 3.05) is 32.6 Å². The Morgan fingerprint density at radius 3 is 2.53 bits per heavy atom. The predicted octanol–water partition coefficient (Wildman–Crippen LogP) is 0.179. The number of nitrogens with zero attached hydrogens (tertiary/aromatic N) is 1. The monoisotopic (exact) mass is 262 g/mol. The summed E-state index contributed by atoms with van der Waals surface area (Å²) in [5.74, 6) is 0.212. The first kappa shape index (κ1) is 13.3. The lowest BCUT2D eigenvalue weighted by molar-refractivity contribution is 0.177. The molecule has 0 unspecified atom stereocenters. The molecule has 0 heterocycles. The van der Waals surface area contributed by atoms with E-state index in [1.54, 1.807) is 11.4 Å². The minimum absolute atomic E-state index is 0.212. The SMILES string of the molecule is COCCN(C1CC1)S(=O)(=O)CCNC1CC1. The van der Waals surface area contributed by atoms with Crippen molar-refractivity contribution < 1.29 is 13.2 Å². The number of hydrogen-bond acceptors (Lipinski definition) is 4. The fourth-order valence-electron chi connectivity index (χ4n) is 1.89. The van der Waals surface area contributed by atoms with Crippen LogP contribution in [-0.4, -0.2) is 57.4 Å². The first-order valence-electron chi connectivity index (χ1n) is 6.35. The van der Waals surface area contributed by atoms with Gasteiger partial charge in [-0.3, -0.25) is 0 Å². The van der Waals surface area contributed by atoms with E-state index in [0.717, 1.165) is 12.8 Å². The Balaban J connectivity index is 1.80. The summed E-state index contributed by atoms with van der Waals surface area (Å²) in [4.78, 5) is 0. The van der Waals surface area contributed by atoms with Gasteiger partial charge in [0.05, 0.1) is 12.4 Å². The van der Waals surface area contributed by atoms with Crippen LogP contribution in [0.5, 0.6) is 0 Å². The fraction of sp³-hybridized carbons (Fsp3) is 1.00. The molecule has 2 rings (SSSR count). The number of ether oxygens (including phenoxy) is 1. The van der Waals surface area contributed by atoms with E-state index in [1.165, 1.54) is 12.8 Å². The van der Waals surface area contributed by atoms with Gasteiger partial charge in [-0.15, -0.1) is 0 Å². The molecule has 0 radical (unpaired) electrons. The van der Waals surface area contributed by atoms with Crippen molar-refractivity contribution in [3.05, 3.63) is 0 Å². The van der Waals surface area contributed by atoms with Crippen LogP contribution in [0.3, 0.4) is 0 Å². The quantitative estimate of drug-likeness (QED) is 0.644. The molecule has 2 aliphatic carbocycles. The molecule has 2 saturated carbocycles. The average Bonchev–Trinajstić information content (AvgIpc) is 3.12. The Bertz CT molecular complexity index is 337. The standard InChI is InChI=1S/C11H22N2O3S/c1-16-8-7-13(11-4-5-11)17(14,15)9-6-12-10-2-3-10/h10-12H,2-9H2,1H3. The van der Waals surface area contributed by atoms with E-state index in [-0.39, 0.29) is 11.8 Å². The van der Waals surface area contributed by atoms with Crippen LogP contribution in [0.4, 0.5) is 0 Å². The van der Waals surface area contributed by atoms with Gasteiger partial charge >= 0.3 is 0 Å². The Kier molecular flexibility index (Phi) is 4.41. The Labute approximate surface area is 104 Å². The number of methoxy groups -OCH3 is 1. The zero-order chi connectivity index (χ0) is 12.3. The van der Waals surface area contributed by atoms with Gasteiger partial charge < -0.3 is 10.1 Å². The second-order valence-corrected chi connectivity index (χ2v) is 6.92. The van der Waals surface area contributed by atoms with Crippen LogP contribution in [0.1, 0.15) is 25.7 Å². The molecule has 0 saturated heterocycles. The maximum Gasteiger partial charge on any atom is 0.215 e. The number of hydrogen-bond donors (Lipinski definition) is 1. The Morgan fingerprint density at radius 2 is 2.00 bits per heavy atom. The van der Waals surface area contributed by atoms with Gasteiger partial charge in [0.1, 0.15) is 0 Å². The topological polar surface area (TPSA) is 58.6 Å². The summed E-state index contributed by atoms with van der Waals surface area (Å²) in [5, 5.41) is 3.25. The molecule has 2 aliphatic rings. The molecule has 0 spiro atoms. The number of sulfonamides is 1. The minimum atomic E-state index is -3.11. The molecule has 5 nitrogen and oxygen atoms in total. The molecular formula is C11H22N2O3S. The third kappa shape index (κ3) is 4.21. The molecule has 0 aromatic rings. The minimum Gasteiger partial charge on any atom is -0.383 e. The van der Waals surface area contributed by atoms with Crippen LogP contribution in [0.2, 0.25) is 0 Å². The van der Waals surface area contributed by atoms with Gasteiger partial charge in [-0.1, -0.05) is 0 Å². The smallest absolute Gasteiger partial charge is 0.215 e. The van der Waals surface area contributed by atoms with Gasteiger partial charge in [-0.05, 0) is 25.7 Å². The molecule has 6 heteroatoms. The Morgan fingerprint density at radius 1 is 1.29 bits per heavy atom. The molecule has 0 aliphatic heterocycles. The van der Waals surface area contributed by atoms with E-state index < -0.39 is 10.0 Å². The molecule has 2 fully saturated rings. The lowest BCUT2D eigenvalue weighted by atomic mass is 10.6. The van der Waals surface area contributed by atoms with Gasteiger partial charge in [-0.25, -0.2) is 8.42 Å². The first-order valence-corrected chi connectivity index (χ1v) is 7.96. The van der Waals surface area contributed by atoms with Crippen LogP contribution in [-0.2, 0) is 14.8 Å². The van der Waals surface area contributed by atoms with Crippen LogP contribution < -0.4 is 5.32 Å². The maximum absolute atomic E-state index is 12.2. The highest BCUT2D eigenvalue weighted by Gasteiger charge is 2.36. The van der Waals surface area contributed by atoms with E-state index in [0.29, 0.717) is 25.7 Å². The van der Waals surface area contributed by atoms with Crippen LogP contribution in [0, 0.1) is 0 Å². The van der Waals surface area contributed by atoms with Gasteiger partial charge in [0.15, 0.2) is 0 Å². The Hall–Kier alpha value is -0.170. The molecule has 0 bridgehead atoms. The molecule has 0 aromatic carbocycles. The van der Waals surface area contributed by atoms with Crippen molar-refractivity contribution in [3.63, 3.8) is 0 Å². The van der Waals surface area contributed by atoms with E-state index in [2.05, 4.69) is 5.32 Å².